The summed E-state index contributed by atoms with van der Waals surface area (Å²) in [4.78, 5) is 8.90. The highest BCUT2D eigenvalue weighted by molar-refractivity contribution is 7.09. The Hall–Kier alpha value is -2.14. The van der Waals surface area contributed by atoms with Crippen molar-refractivity contribution in [1.29, 1.82) is 0 Å². The van der Waals surface area contributed by atoms with E-state index in [1.165, 1.54) is 0 Å². The quantitative estimate of drug-likeness (QED) is 0.744. The number of hydrogen-bond acceptors (Lipinski definition) is 4. The van der Waals surface area contributed by atoms with Gasteiger partial charge in [0.1, 0.15) is 10.8 Å². The van der Waals surface area contributed by atoms with E-state index in [2.05, 4.69) is 19.9 Å². The van der Waals surface area contributed by atoms with E-state index in [4.69, 9.17) is 5.73 Å². The average Bonchev–Trinajstić information content (AvgIpc) is 2.99. The topological polar surface area (TPSA) is 56.7 Å². The van der Waals surface area contributed by atoms with Crippen molar-refractivity contribution in [3.63, 3.8) is 0 Å². The molecular formula is C14H14N4S. The first kappa shape index (κ1) is 11.9. The molecule has 2 N–H and O–H groups in total. The molecule has 2 heterocycles. The lowest BCUT2D eigenvalue weighted by Gasteiger charge is -2.06. The number of aromatic nitrogens is 3. The molecule has 5 heteroatoms. The van der Waals surface area contributed by atoms with Gasteiger partial charge >= 0.3 is 0 Å². The van der Waals surface area contributed by atoms with Crippen LogP contribution in [0.5, 0.6) is 0 Å². The molecule has 0 saturated carbocycles. The van der Waals surface area contributed by atoms with Crippen LogP contribution in [-0.2, 0) is 6.54 Å². The van der Waals surface area contributed by atoms with Crippen molar-refractivity contribution >= 4 is 17.0 Å². The molecule has 0 aliphatic carbocycles. The van der Waals surface area contributed by atoms with Crippen LogP contribution < -0.4 is 5.73 Å². The number of nitrogens with zero attached hydrogens (tertiary/aromatic N) is 3. The number of imidazole rings is 1. The predicted molar refractivity (Wildman–Crippen MR) is 78.0 cm³/mol. The van der Waals surface area contributed by atoms with E-state index in [0.29, 0.717) is 0 Å². The van der Waals surface area contributed by atoms with Crippen LogP contribution in [0.15, 0.2) is 42.0 Å². The summed E-state index contributed by atoms with van der Waals surface area (Å²) in [5.41, 5.74) is 8.66. The maximum absolute atomic E-state index is 5.82. The van der Waals surface area contributed by atoms with Crippen LogP contribution >= 0.6 is 11.3 Å². The van der Waals surface area contributed by atoms with Crippen LogP contribution in [-0.4, -0.2) is 14.5 Å². The van der Waals surface area contributed by atoms with E-state index < -0.39 is 0 Å². The molecule has 1 aromatic carbocycles. The number of rotatable bonds is 3. The SMILES string of the molecule is Cc1csc(Cn2ccnc2-c2cccc(N)c2)n1. The molecule has 0 fully saturated rings. The van der Waals surface area contributed by atoms with Crippen LogP contribution in [0.1, 0.15) is 10.7 Å². The van der Waals surface area contributed by atoms with Crippen LogP contribution in [0.3, 0.4) is 0 Å². The van der Waals surface area contributed by atoms with Crippen molar-refractivity contribution in [3.8, 4) is 11.4 Å². The van der Waals surface area contributed by atoms with Crippen LogP contribution in [0.2, 0.25) is 0 Å². The van der Waals surface area contributed by atoms with Crippen molar-refractivity contribution < 1.29 is 0 Å². The smallest absolute Gasteiger partial charge is 0.140 e. The van der Waals surface area contributed by atoms with Gasteiger partial charge in [0, 0.05) is 34.7 Å². The standard InChI is InChI=1S/C14H14N4S/c1-10-9-19-13(17-10)8-18-6-5-16-14(18)11-3-2-4-12(15)7-11/h2-7,9H,8,15H2,1H3. The van der Waals surface area contributed by atoms with E-state index >= 15 is 0 Å². The Morgan fingerprint density at radius 3 is 3.00 bits per heavy atom. The van der Waals surface area contributed by atoms with Gasteiger partial charge in [0.25, 0.3) is 0 Å². The third-order valence-electron chi connectivity index (χ3n) is 2.83. The monoisotopic (exact) mass is 270 g/mol. The summed E-state index contributed by atoms with van der Waals surface area (Å²) in [5, 5.41) is 3.15. The Labute approximate surface area is 115 Å². The Morgan fingerprint density at radius 1 is 1.37 bits per heavy atom. The number of hydrogen-bond donors (Lipinski definition) is 1. The first-order valence-electron chi connectivity index (χ1n) is 6.00. The minimum absolute atomic E-state index is 0.739. The van der Waals surface area contributed by atoms with Crippen molar-refractivity contribution in [2.24, 2.45) is 0 Å². The number of nitrogens with two attached hydrogens (primary N) is 1. The van der Waals surface area contributed by atoms with E-state index in [1.807, 2.05) is 37.4 Å². The molecule has 0 bridgehead atoms. The second-order valence-electron chi connectivity index (χ2n) is 4.39. The van der Waals surface area contributed by atoms with E-state index in [9.17, 15) is 0 Å². The molecule has 0 amide bonds. The molecule has 3 aromatic rings. The van der Waals surface area contributed by atoms with Crippen LogP contribution in [0.4, 0.5) is 5.69 Å². The Balaban J connectivity index is 1.94. The lowest BCUT2D eigenvalue weighted by Crippen LogP contribution is -2.01. The molecular weight excluding hydrogens is 256 g/mol. The lowest BCUT2D eigenvalue weighted by molar-refractivity contribution is 0.797. The summed E-state index contributed by atoms with van der Waals surface area (Å²) in [7, 11) is 0. The minimum Gasteiger partial charge on any atom is -0.399 e. The third-order valence-corrected chi connectivity index (χ3v) is 3.78. The van der Waals surface area contributed by atoms with Gasteiger partial charge < -0.3 is 10.3 Å². The number of anilines is 1. The molecule has 0 spiro atoms. The molecule has 0 unspecified atom stereocenters. The molecule has 19 heavy (non-hydrogen) atoms. The molecule has 4 nitrogen and oxygen atoms in total. The van der Waals surface area contributed by atoms with Crippen molar-refractivity contribution in [2.45, 2.75) is 13.5 Å². The highest BCUT2D eigenvalue weighted by atomic mass is 32.1. The summed E-state index contributed by atoms with van der Waals surface area (Å²) >= 11 is 1.67. The summed E-state index contributed by atoms with van der Waals surface area (Å²) in [6.07, 6.45) is 3.77. The minimum atomic E-state index is 0.739. The maximum Gasteiger partial charge on any atom is 0.140 e. The summed E-state index contributed by atoms with van der Waals surface area (Å²) in [5.74, 6) is 0.917. The molecule has 0 aliphatic heterocycles. The Bertz CT molecular complexity index is 699. The fraction of sp³-hybridized carbons (Fsp3) is 0.143. The van der Waals surface area contributed by atoms with Gasteiger partial charge in [0.15, 0.2) is 0 Å². The summed E-state index contributed by atoms with van der Waals surface area (Å²) in [6, 6.07) is 7.77. The molecule has 3 rings (SSSR count). The van der Waals surface area contributed by atoms with Crippen LogP contribution in [0, 0.1) is 6.92 Å². The van der Waals surface area contributed by atoms with Gasteiger partial charge in [-0.05, 0) is 19.1 Å². The molecule has 96 valence electrons. The normalized spacial score (nSPS) is 10.8. The Morgan fingerprint density at radius 2 is 2.26 bits per heavy atom. The summed E-state index contributed by atoms with van der Waals surface area (Å²) < 4.78 is 2.09. The highest BCUT2D eigenvalue weighted by Gasteiger charge is 2.08. The zero-order valence-corrected chi connectivity index (χ0v) is 11.4. The first-order chi connectivity index (χ1) is 9.22. The molecule has 0 radical (unpaired) electrons. The predicted octanol–water partition coefficient (Wildman–Crippen LogP) is 2.95. The van der Waals surface area contributed by atoms with E-state index in [0.717, 1.165) is 34.3 Å². The number of aryl methyl sites for hydroxylation is 1. The van der Waals surface area contributed by atoms with Gasteiger partial charge in [0.2, 0.25) is 0 Å². The maximum atomic E-state index is 5.82. The van der Waals surface area contributed by atoms with Gasteiger partial charge in [-0.2, -0.15) is 0 Å². The number of thiazole rings is 1. The Kier molecular flexibility index (Phi) is 3.05. The fourth-order valence-corrected chi connectivity index (χ4v) is 2.77. The van der Waals surface area contributed by atoms with Gasteiger partial charge in [-0.1, -0.05) is 12.1 Å². The highest BCUT2D eigenvalue weighted by Crippen LogP contribution is 2.21. The van der Waals surface area contributed by atoms with Gasteiger partial charge in [-0.3, -0.25) is 0 Å². The van der Waals surface area contributed by atoms with E-state index in [1.54, 1.807) is 17.5 Å². The molecule has 0 saturated heterocycles. The molecule has 2 aromatic heterocycles. The zero-order valence-electron chi connectivity index (χ0n) is 10.6. The number of nitrogen functional groups attached to an aromatic ring is 1. The summed E-state index contributed by atoms with van der Waals surface area (Å²) in [6.45, 7) is 2.75. The van der Waals surface area contributed by atoms with Gasteiger partial charge in [-0.15, -0.1) is 11.3 Å². The molecule has 0 atom stereocenters. The van der Waals surface area contributed by atoms with Crippen LogP contribution in [0.25, 0.3) is 11.4 Å². The van der Waals surface area contributed by atoms with E-state index in [-0.39, 0.29) is 0 Å². The van der Waals surface area contributed by atoms with Crippen molar-refractivity contribution in [2.75, 3.05) is 5.73 Å². The van der Waals surface area contributed by atoms with Crippen molar-refractivity contribution in [3.05, 3.63) is 52.7 Å². The largest absolute Gasteiger partial charge is 0.399 e. The van der Waals surface area contributed by atoms with Crippen molar-refractivity contribution in [1.82, 2.24) is 14.5 Å². The zero-order chi connectivity index (χ0) is 13.2. The first-order valence-corrected chi connectivity index (χ1v) is 6.88. The van der Waals surface area contributed by atoms with Gasteiger partial charge in [-0.25, -0.2) is 9.97 Å². The second kappa shape index (κ2) is 4.85. The molecule has 0 aliphatic rings. The average molecular weight is 270 g/mol. The third kappa shape index (κ3) is 2.51. The fourth-order valence-electron chi connectivity index (χ4n) is 2.00. The number of benzene rings is 1. The second-order valence-corrected chi connectivity index (χ2v) is 5.33. The van der Waals surface area contributed by atoms with Gasteiger partial charge in [0.05, 0.1) is 6.54 Å². The lowest BCUT2D eigenvalue weighted by atomic mass is 10.2.